The van der Waals surface area contributed by atoms with E-state index in [0.29, 0.717) is 25.2 Å². The molecular formula is C10H16N4O. The van der Waals surface area contributed by atoms with Crippen LogP contribution in [0.4, 0.5) is 0 Å². The maximum Gasteiger partial charge on any atom is 0.257 e. The number of amides is 1. The molecule has 5 nitrogen and oxygen atoms in total. The molecular weight excluding hydrogens is 192 g/mol. The SMILES string of the molecule is CCCN(CCN)C(=O)c1cncnc1. The summed E-state index contributed by atoms with van der Waals surface area (Å²) >= 11 is 0. The molecule has 1 amide bonds. The lowest BCUT2D eigenvalue weighted by Gasteiger charge is -2.20. The second kappa shape index (κ2) is 6.08. The van der Waals surface area contributed by atoms with Crippen molar-refractivity contribution in [1.82, 2.24) is 14.9 Å². The van der Waals surface area contributed by atoms with Crippen molar-refractivity contribution in [2.75, 3.05) is 19.6 Å². The van der Waals surface area contributed by atoms with E-state index in [4.69, 9.17) is 5.73 Å². The maximum atomic E-state index is 11.9. The first-order valence-electron chi connectivity index (χ1n) is 5.04. The normalized spacial score (nSPS) is 10.0. The summed E-state index contributed by atoms with van der Waals surface area (Å²) in [6.45, 7) is 3.78. The quantitative estimate of drug-likeness (QED) is 0.754. The van der Waals surface area contributed by atoms with Gasteiger partial charge in [0.2, 0.25) is 0 Å². The first kappa shape index (κ1) is 11.6. The zero-order valence-electron chi connectivity index (χ0n) is 8.89. The van der Waals surface area contributed by atoms with E-state index in [1.165, 1.54) is 18.7 Å². The van der Waals surface area contributed by atoms with Gasteiger partial charge in [-0.15, -0.1) is 0 Å². The predicted octanol–water partition coefficient (Wildman–Crippen LogP) is 0.287. The summed E-state index contributed by atoms with van der Waals surface area (Å²) in [6.07, 6.45) is 5.37. The van der Waals surface area contributed by atoms with E-state index in [0.717, 1.165) is 6.42 Å². The van der Waals surface area contributed by atoms with Crippen LogP contribution in [0.3, 0.4) is 0 Å². The van der Waals surface area contributed by atoms with Crippen molar-refractivity contribution >= 4 is 5.91 Å². The Morgan fingerprint density at radius 1 is 1.40 bits per heavy atom. The lowest BCUT2D eigenvalue weighted by Crippen LogP contribution is -2.36. The smallest absolute Gasteiger partial charge is 0.257 e. The van der Waals surface area contributed by atoms with Gasteiger partial charge in [-0.3, -0.25) is 4.79 Å². The Bertz CT molecular complexity index is 296. The summed E-state index contributed by atoms with van der Waals surface area (Å²) < 4.78 is 0. The van der Waals surface area contributed by atoms with Gasteiger partial charge in [0.25, 0.3) is 5.91 Å². The number of rotatable bonds is 5. The van der Waals surface area contributed by atoms with Crippen LogP contribution in [0, 0.1) is 0 Å². The molecule has 0 bridgehead atoms. The molecule has 82 valence electrons. The minimum absolute atomic E-state index is 0.0529. The van der Waals surface area contributed by atoms with Crippen molar-refractivity contribution in [2.45, 2.75) is 13.3 Å². The Hall–Kier alpha value is -1.49. The Morgan fingerprint density at radius 2 is 2.07 bits per heavy atom. The summed E-state index contributed by atoms with van der Waals surface area (Å²) in [5.41, 5.74) is 5.96. The lowest BCUT2D eigenvalue weighted by molar-refractivity contribution is 0.0759. The van der Waals surface area contributed by atoms with Crippen LogP contribution in [0.2, 0.25) is 0 Å². The minimum atomic E-state index is -0.0529. The molecule has 0 saturated heterocycles. The standard InChI is InChI=1S/C10H16N4O/c1-2-4-14(5-3-11)10(15)9-6-12-8-13-7-9/h6-8H,2-5,11H2,1H3. The van der Waals surface area contributed by atoms with Crippen LogP contribution in [0.15, 0.2) is 18.7 Å². The number of hydrogen-bond acceptors (Lipinski definition) is 4. The van der Waals surface area contributed by atoms with Gasteiger partial charge in [0.1, 0.15) is 6.33 Å². The van der Waals surface area contributed by atoms with Crippen molar-refractivity contribution < 1.29 is 4.79 Å². The van der Waals surface area contributed by atoms with Crippen LogP contribution in [0.5, 0.6) is 0 Å². The molecule has 0 aliphatic rings. The van der Waals surface area contributed by atoms with Crippen LogP contribution in [-0.4, -0.2) is 40.4 Å². The zero-order valence-corrected chi connectivity index (χ0v) is 8.89. The Balaban J connectivity index is 2.71. The van der Waals surface area contributed by atoms with E-state index in [9.17, 15) is 4.79 Å². The van der Waals surface area contributed by atoms with Crippen molar-refractivity contribution in [3.63, 3.8) is 0 Å². The fourth-order valence-corrected chi connectivity index (χ4v) is 1.33. The topological polar surface area (TPSA) is 72.1 Å². The molecule has 0 aromatic carbocycles. The third-order valence-electron chi connectivity index (χ3n) is 1.99. The van der Waals surface area contributed by atoms with Crippen molar-refractivity contribution in [2.24, 2.45) is 5.73 Å². The molecule has 0 radical (unpaired) electrons. The molecule has 0 aliphatic heterocycles. The van der Waals surface area contributed by atoms with E-state index >= 15 is 0 Å². The molecule has 0 fully saturated rings. The third-order valence-corrected chi connectivity index (χ3v) is 1.99. The summed E-state index contributed by atoms with van der Waals surface area (Å²) in [7, 11) is 0. The average Bonchev–Trinajstić information content (AvgIpc) is 2.29. The molecule has 0 atom stereocenters. The summed E-state index contributed by atoms with van der Waals surface area (Å²) in [5.74, 6) is -0.0529. The molecule has 2 N–H and O–H groups in total. The number of nitrogens with two attached hydrogens (primary N) is 1. The van der Waals surface area contributed by atoms with Crippen LogP contribution in [0.25, 0.3) is 0 Å². The first-order valence-corrected chi connectivity index (χ1v) is 5.04. The zero-order chi connectivity index (χ0) is 11.1. The van der Waals surface area contributed by atoms with Gasteiger partial charge in [-0.05, 0) is 6.42 Å². The minimum Gasteiger partial charge on any atom is -0.337 e. The van der Waals surface area contributed by atoms with E-state index in [-0.39, 0.29) is 5.91 Å². The molecule has 15 heavy (non-hydrogen) atoms. The fraction of sp³-hybridized carbons (Fsp3) is 0.500. The average molecular weight is 208 g/mol. The van der Waals surface area contributed by atoms with Gasteiger partial charge >= 0.3 is 0 Å². The monoisotopic (exact) mass is 208 g/mol. The number of nitrogens with zero attached hydrogens (tertiary/aromatic N) is 3. The largest absolute Gasteiger partial charge is 0.337 e. The fourth-order valence-electron chi connectivity index (χ4n) is 1.33. The second-order valence-electron chi connectivity index (χ2n) is 3.21. The van der Waals surface area contributed by atoms with Crippen LogP contribution in [0.1, 0.15) is 23.7 Å². The van der Waals surface area contributed by atoms with Crippen molar-refractivity contribution in [3.05, 3.63) is 24.3 Å². The van der Waals surface area contributed by atoms with Gasteiger partial charge in [0.15, 0.2) is 0 Å². The molecule has 0 spiro atoms. The molecule has 1 aromatic heterocycles. The van der Waals surface area contributed by atoms with Gasteiger partial charge in [0, 0.05) is 32.0 Å². The molecule has 1 rings (SSSR count). The molecule has 0 saturated carbocycles. The van der Waals surface area contributed by atoms with Crippen molar-refractivity contribution in [1.29, 1.82) is 0 Å². The molecule has 5 heteroatoms. The van der Waals surface area contributed by atoms with Gasteiger partial charge in [0.05, 0.1) is 5.56 Å². The summed E-state index contributed by atoms with van der Waals surface area (Å²) in [4.78, 5) is 21.3. The number of aromatic nitrogens is 2. The Labute approximate surface area is 89.3 Å². The highest BCUT2D eigenvalue weighted by atomic mass is 16.2. The van der Waals surface area contributed by atoms with E-state index in [1.807, 2.05) is 6.92 Å². The molecule has 0 unspecified atom stereocenters. The third kappa shape index (κ3) is 3.28. The molecule has 1 heterocycles. The van der Waals surface area contributed by atoms with Gasteiger partial charge in [-0.2, -0.15) is 0 Å². The van der Waals surface area contributed by atoms with E-state index < -0.39 is 0 Å². The van der Waals surface area contributed by atoms with Crippen LogP contribution >= 0.6 is 0 Å². The van der Waals surface area contributed by atoms with Crippen LogP contribution < -0.4 is 5.73 Å². The van der Waals surface area contributed by atoms with Gasteiger partial charge in [-0.1, -0.05) is 6.92 Å². The Morgan fingerprint density at radius 3 is 2.60 bits per heavy atom. The number of carbonyl (C=O) groups is 1. The highest BCUT2D eigenvalue weighted by molar-refractivity contribution is 5.93. The highest BCUT2D eigenvalue weighted by Gasteiger charge is 2.14. The Kier molecular flexibility index (Phi) is 4.70. The summed E-state index contributed by atoms with van der Waals surface area (Å²) in [6, 6.07) is 0. The van der Waals surface area contributed by atoms with Crippen LogP contribution in [-0.2, 0) is 0 Å². The van der Waals surface area contributed by atoms with E-state index in [1.54, 1.807) is 4.90 Å². The molecule has 0 aliphatic carbocycles. The number of hydrogen-bond donors (Lipinski definition) is 1. The highest BCUT2D eigenvalue weighted by Crippen LogP contribution is 2.02. The number of carbonyl (C=O) groups excluding carboxylic acids is 1. The van der Waals surface area contributed by atoms with E-state index in [2.05, 4.69) is 9.97 Å². The maximum absolute atomic E-state index is 11.9. The first-order chi connectivity index (χ1) is 7.29. The van der Waals surface area contributed by atoms with Crippen molar-refractivity contribution in [3.8, 4) is 0 Å². The lowest BCUT2D eigenvalue weighted by atomic mass is 10.2. The summed E-state index contributed by atoms with van der Waals surface area (Å²) in [5, 5.41) is 0. The second-order valence-corrected chi connectivity index (χ2v) is 3.21. The predicted molar refractivity (Wildman–Crippen MR) is 57.3 cm³/mol. The van der Waals surface area contributed by atoms with Gasteiger partial charge in [-0.25, -0.2) is 9.97 Å². The van der Waals surface area contributed by atoms with Gasteiger partial charge < -0.3 is 10.6 Å². The molecule has 1 aromatic rings.